The van der Waals surface area contributed by atoms with Crippen LogP contribution in [0.5, 0.6) is 11.5 Å². The number of carbonyl (C=O) groups excluding carboxylic acids is 1. The highest BCUT2D eigenvalue weighted by atomic mass is 35.5. The number of ether oxygens (including phenoxy) is 2. The molecule has 0 saturated heterocycles. The Balaban J connectivity index is 1.58. The molecule has 1 heterocycles. The number of nitrogens with zero attached hydrogens (tertiary/aromatic N) is 3. The Morgan fingerprint density at radius 2 is 1.70 bits per heavy atom. The predicted molar refractivity (Wildman–Crippen MR) is 131 cm³/mol. The summed E-state index contributed by atoms with van der Waals surface area (Å²) in [4.78, 5) is 12.5. The molecule has 7 nitrogen and oxygen atoms in total. The van der Waals surface area contributed by atoms with Crippen molar-refractivity contribution in [1.29, 1.82) is 0 Å². The summed E-state index contributed by atoms with van der Waals surface area (Å²) in [6, 6.07) is 22.1. The second-order valence-corrected chi connectivity index (χ2v) is 8.29. The van der Waals surface area contributed by atoms with Crippen molar-refractivity contribution in [2.45, 2.75) is 5.16 Å². The van der Waals surface area contributed by atoms with E-state index in [1.54, 1.807) is 50.6 Å². The quantitative estimate of drug-likeness (QED) is 0.343. The van der Waals surface area contributed by atoms with Crippen LogP contribution in [0.1, 0.15) is 0 Å². The molecule has 0 aliphatic carbocycles. The van der Waals surface area contributed by atoms with Gasteiger partial charge in [0.05, 0.1) is 20.0 Å². The van der Waals surface area contributed by atoms with Crippen LogP contribution in [0.4, 0.5) is 5.69 Å². The minimum Gasteiger partial charge on any atom is -0.497 e. The lowest BCUT2D eigenvalue weighted by atomic mass is 10.2. The third kappa shape index (κ3) is 5.47. The van der Waals surface area contributed by atoms with E-state index in [1.165, 1.54) is 11.8 Å². The molecule has 0 fully saturated rings. The van der Waals surface area contributed by atoms with E-state index >= 15 is 0 Å². The number of rotatable bonds is 8. The van der Waals surface area contributed by atoms with Gasteiger partial charge in [-0.25, -0.2) is 0 Å². The molecule has 9 heteroatoms. The second kappa shape index (κ2) is 10.4. The lowest BCUT2D eigenvalue weighted by Crippen LogP contribution is -2.14. The molecule has 33 heavy (non-hydrogen) atoms. The van der Waals surface area contributed by atoms with Gasteiger partial charge in [0.2, 0.25) is 5.91 Å². The van der Waals surface area contributed by atoms with Crippen molar-refractivity contribution >= 4 is 35.0 Å². The normalized spacial score (nSPS) is 10.6. The highest BCUT2D eigenvalue weighted by molar-refractivity contribution is 7.99. The second-order valence-electron chi connectivity index (χ2n) is 6.92. The number of aromatic nitrogens is 3. The molecule has 0 aliphatic rings. The van der Waals surface area contributed by atoms with Gasteiger partial charge in [-0.15, -0.1) is 10.2 Å². The monoisotopic (exact) mass is 480 g/mol. The number of amides is 1. The Labute approximate surface area is 200 Å². The SMILES string of the molecule is COc1ccc(NC(=O)CSc2nnc(-c3cccc(OC)c3)n2-c2ccc(Cl)cc2)cc1. The van der Waals surface area contributed by atoms with Gasteiger partial charge in [-0.2, -0.15) is 0 Å². The summed E-state index contributed by atoms with van der Waals surface area (Å²) in [5, 5.41) is 12.8. The molecule has 168 valence electrons. The van der Waals surface area contributed by atoms with E-state index in [4.69, 9.17) is 21.1 Å². The van der Waals surface area contributed by atoms with Crippen LogP contribution >= 0.6 is 23.4 Å². The number of hydrogen-bond donors (Lipinski definition) is 1. The lowest BCUT2D eigenvalue weighted by Gasteiger charge is -2.11. The zero-order valence-electron chi connectivity index (χ0n) is 18.0. The van der Waals surface area contributed by atoms with Crippen LogP contribution < -0.4 is 14.8 Å². The lowest BCUT2D eigenvalue weighted by molar-refractivity contribution is -0.113. The number of methoxy groups -OCH3 is 2. The standard InChI is InChI=1S/C24H21ClN4O3S/c1-31-20-12-8-18(9-13-20)26-22(30)15-33-24-28-27-23(16-4-3-5-21(14-16)32-2)29(24)19-10-6-17(25)7-11-19/h3-14H,15H2,1-2H3,(H,26,30). The first-order valence-corrected chi connectivity index (χ1v) is 11.4. The van der Waals surface area contributed by atoms with Gasteiger partial charge in [-0.1, -0.05) is 35.5 Å². The minimum atomic E-state index is -0.154. The van der Waals surface area contributed by atoms with E-state index < -0.39 is 0 Å². The van der Waals surface area contributed by atoms with Gasteiger partial charge in [-0.3, -0.25) is 9.36 Å². The number of thioether (sulfide) groups is 1. The summed E-state index contributed by atoms with van der Waals surface area (Å²) < 4.78 is 12.4. The average Bonchev–Trinajstić information content (AvgIpc) is 3.28. The fraction of sp³-hybridized carbons (Fsp3) is 0.125. The van der Waals surface area contributed by atoms with Crippen LogP contribution in [0.15, 0.2) is 78.0 Å². The average molecular weight is 481 g/mol. The largest absolute Gasteiger partial charge is 0.497 e. The van der Waals surface area contributed by atoms with Crippen molar-refractivity contribution in [1.82, 2.24) is 14.8 Å². The number of hydrogen-bond acceptors (Lipinski definition) is 6. The minimum absolute atomic E-state index is 0.154. The molecule has 1 N–H and O–H groups in total. The van der Waals surface area contributed by atoms with Crippen molar-refractivity contribution in [3.05, 3.63) is 77.8 Å². The van der Waals surface area contributed by atoms with Gasteiger partial charge in [0, 0.05) is 22.0 Å². The Morgan fingerprint density at radius 1 is 0.970 bits per heavy atom. The van der Waals surface area contributed by atoms with Gasteiger partial charge in [0.15, 0.2) is 11.0 Å². The number of benzene rings is 3. The number of halogens is 1. The van der Waals surface area contributed by atoms with Gasteiger partial charge in [-0.05, 0) is 60.7 Å². The van der Waals surface area contributed by atoms with Gasteiger partial charge >= 0.3 is 0 Å². The van der Waals surface area contributed by atoms with Crippen LogP contribution in [0.3, 0.4) is 0 Å². The molecular weight excluding hydrogens is 460 g/mol. The summed E-state index contributed by atoms with van der Waals surface area (Å²) in [7, 11) is 3.21. The van der Waals surface area contributed by atoms with Gasteiger partial charge in [0.1, 0.15) is 11.5 Å². The number of anilines is 1. The maximum atomic E-state index is 12.5. The van der Waals surface area contributed by atoms with E-state index in [0.29, 0.717) is 27.4 Å². The maximum absolute atomic E-state index is 12.5. The smallest absolute Gasteiger partial charge is 0.234 e. The summed E-state index contributed by atoms with van der Waals surface area (Å²) in [6.45, 7) is 0. The Hall–Kier alpha value is -3.49. The molecule has 3 aromatic carbocycles. The molecule has 0 saturated carbocycles. The van der Waals surface area contributed by atoms with Crippen molar-refractivity contribution < 1.29 is 14.3 Å². The molecular formula is C24H21ClN4O3S. The molecule has 1 aromatic heterocycles. The Morgan fingerprint density at radius 3 is 2.39 bits per heavy atom. The molecule has 4 aromatic rings. The molecule has 0 aliphatic heterocycles. The van der Waals surface area contributed by atoms with Crippen molar-refractivity contribution in [2.75, 3.05) is 25.3 Å². The number of nitrogens with one attached hydrogen (secondary N) is 1. The van der Waals surface area contributed by atoms with E-state index in [1.807, 2.05) is 41.0 Å². The maximum Gasteiger partial charge on any atom is 0.234 e. The van der Waals surface area contributed by atoms with Crippen LogP contribution in [0.2, 0.25) is 5.02 Å². The summed E-state index contributed by atoms with van der Waals surface area (Å²) in [5.74, 6) is 2.08. The van der Waals surface area contributed by atoms with Gasteiger partial charge < -0.3 is 14.8 Å². The van der Waals surface area contributed by atoms with Crippen LogP contribution in [-0.4, -0.2) is 40.6 Å². The molecule has 4 rings (SSSR count). The summed E-state index contributed by atoms with van der Waals surface area (Å²) >= 11 is 7.38. The molecule has 0 bridgehead atoms. The topological polar surface area (TPSA) is 78.3 Å². The van der Waals surface area contributed by atoms with Crippen molar-refractivity contribution in [3.63, 3.8) is 0 Å². The van der Waals surface area contributed by atoms with Crippen molar-refractivity contribution in [3.8, 4) is 28.6 Å². The third-order valence-electron chi connectivity index (χ3n) is 4.75. The van der Waals surface area contributed by atoms with Gasteiger partial charge in [0.25, 0.3) is 0 Å². The van der Waals surface area contributed by atoms with Crippen LogP contribution in [-0.2, 0) is 4.79 Å². The first kappa shape index (κ1) is 22.7. The van der Waals surface area contributed by atoms with Crippen molar-refractivity contribution in [2.24, 2.45) is 0 Å². The highest BCUT2D eigenvalue weighted by Gasteiger charge is 2.18. The first-order chi connectivity index (χ1) is 16.1. The molecule has 0 unspecified atom stereocenters. The fourth-order valence-corrected chi connectivity index (χ4v) is 4.01. The zero-order chi connectivity index (χ0) is 23.2. The highest BCUT2D eigenvalue weighted by Crippen LogP contribution is 2.30. The third-order valence-corrected chi connectivity index (χ3v) is 5.93. The molecule has 0 radical (unpaired) electrons. The molecule has 1 amide bonds. The van der Waals surface area contributed by atoms with E-state index in [2.05, 4.69) is 15.5 Å². The van der Waals surface area contributed by atoms with E-state index in [9.17, 15) is 4.79 Å². The predicted octanol–water partition coefficient (Wildman–Crippen LogP) is 5.34. The summed E-state index contributed by atoms with van der Waals surface area (Å²) in [5.41, 5.74) is 2.37. The Kier molecular flexibility index (Phi) is 7.16. The fourth-order valence-electron chi connectivity index (χ4n) is 3.14. The van der Waals surface area contributed by atoms with E-state index in [0.717, 1.165) is 17.0 Å². The van der Waals surface area contributed by atoms with Crippen LogP contribution in [0.25, 0.3) is 17.1 Å². The molecule has 0 atom stereocenters. The van der Waals surface area contributed by atoms with Crippen LogP contribution in [0, 0.1) is 0 Å². The summed E-state index contributed by atoms with van der Waals surface area (Å²) in [6.07, 6.45) is 0. The first-order valence-electron chi connectivity index (χ1n) is 10.00. The number of carbonyl (C=O) groups is 1. The Bertz CT molecular complexity index is 1240. The molecule has 0 spiro atoms. The zero-order valence-corrected chi connectivity index (χ0v) is 19.6. The van der Waals surface area contributed by atoms with E-state index in [-0.39, 0.29) is 11.7 Å².